The highest BCUT2D eigenvalue weighted by atomic mass is 79.9. The van der Waals surface area contributed by atoms with E-state index in [1.807, 2.05) is 24.3 Å². The SMILES string of the molecule is Brc1cccc(-c2nnc(SC3CCOCC3)o2)c1. The Balaban J connectivity index is 1.72. The van der Waals surface area contributed by atoms with Crippen LogP contribution in [0, 0.1) is 0 Å². The van der Waals surface area contributed by atoms with Gasteiger partial charge in [0.15, 0.2) is 0 Å². The fraction of sp³-hybridized carbons (Fsp3) is 0.385. The van der Waals surface area contributed by atoms with Gasteiger partial charge >= 0.3 is 0 Å². The van der Waals surface area contributed by atoms with E-state index in [0.717, 1.165) is 36.1 Å². The van der Waals surface area contributed by atoms with Crippen molar-refractivity contribution in [2.24, 2.45) is 0 Å². The number of rotatable bonds is 3. The summed E-state index contributed by atoms with van der Waals surface area (Å²) in [6.07, 6.45) is 2.08. The molecule has 1 aromatic carbocycles. The van der Waals surface area contributed by atoms with Gasteiger partial charge in [0.1, 0.15) is 0 Å². The van der Waals surface area contributed by atoms with Gasteiger partial charge in [0.2, 0.25) is 5.89 Å². The second kappa shape index (κ2) is 6.07. The quantitative estimate of drug-likeness (QED) is 0.851. The maximum atomic E-state index is 5.71. The van der Waals surface area contributed by atoms with Crippen LogP contribution in [0.2, 0.25) is 0 Å². The number of nitrogens with zero attached hydrogens (tertiary/aromatic N) is 2. The zero-order valence-electron chi connectivity index (χ0n) is 10.2. The number of thioether (sulfide) groups is 1. The Morgan fingerprint density at radius 2 is 2.05 bits per heavy atom. The Kier molecular flexibility index (Phi) is 4.20. The molecule has 0 N–H and O–H groups in total. The zero-order chi connectivity index (χ0) is 13.1. The Hall–Kier alpha value is -0.850. The lowest BCUT2D eigenvalue weighted by molar-refractivity contribution is 0.0998. The summed E-state index contributed by atoms with van der Waals surface area (Å²) in [6.45, 7) is 1.65. The van der Waals surface area contributed by atoms with Crippen LogP contribution in [-0.2, 0) is 4.74 Å². The third kappa shape index (κ3) is 3.38. The first-order valence-electron chi connectivity index (χ1n) is 6.15. The average Bonchev–Trinajstić information content (AvgIpc) is 2.88. The molecule has 19 heavy (non-hydrogen) atoms. The Labute approximate surface area is 124 Å². The summed E-state index contributed by atoms with van der Waals surface area (Å²) < 4.78 is 12.0. The summed E-state index contributed by atoms with van der Waals surface area (Å²) in [5.41, 5.74) is 0.931. The van der Waals surface area contributed by atoms with E-state index in [1.54, 1.807) is 11.8 Å². The van der Waals surface area contributed by atoms with E-state index >= 15 is 0 Å². The minimum absolute atomic E-state index is 0.518. The molecule has 0 bridgehead atoms. The van der Waals surface area contributed by atoms with Crippen LogP contribution < -0.4 is 0 Å². The van der Waals surface area contributed by atoms with Crippen molar-refractivity contribution in [3.05, 3.63) is 28.7 Å². The predicted octanol–water partition coefficient (Wildman–Crippen LogP) is 3.77. The molecule has 2 heterocycles. The molecule has 6 heteroatoms. The predicted molar refractivity (Wildman–Crippen MR) is 77.1 cm³/mol. The van der Waals surface area contributed by atoms with Crippen molar-refractivity contribution in [1.29, 1.82) is 0 Å². The highest BCUT2D eigenvalue weighted by Crippen LogP contribution is 2.31. The summed E-state index contributed by atoms with van der Waals surface area (Å²) in [6, 6.07) is 7.85. The van der Waals surface area contributed by atoms with Crippen LogP contribution >= 0.6 is 27.7 Å². The molecular weight excluding hydrogens is 328 g/mol. The fourth-order valence-corrected chi connectivity index (χ4v) is 3.26. The number of halogens is 1. The monoisotopic (exact) mass is 340 g/mol. The summed E-state index contributed by atoms with van der Waals surface area (Å²) in [4.78, 5) is 0. The third-order valence-corrected chi connectivity index (χ3v) is 4.58. The lowest BCUT2D eigenvalue weighted by Crippen LogP contribution is -2.17. The number of ether oxygens (including phenoxy) is 1. The van der Waals surface area contributed by atoms with Gasteiger partial charge in [-0.05, 0) is 31.0 Å². The van der Waals surface area contributed by atoms with E-state index in [4.69, 9.17) is 9.15 Å². The van der Waals surface area contributed by atoms with Gasteiger partial charge in [-0.3, -0.25) is 0 Å². The van der Waals surface area contributed by atoms with Gasteiger partial charge in [0, 0.05) is 28.5 Å². The molecule has 1 fully saturated rings. The van der Waals surface area contributed by atoms with Gasteiger partial charge < -0.3 is 9.15 Å². The lowest BCUT2D eigenvalue weighted by atomic mass is 10.2. The second-order valence-electron chi connectivity index (χ2n) is 4.31. The first-order chi connectivity index (χ1) is 9.31. The molecule has 0 radical (unpaired) electrons. The standard InChI is InChI=1S/C13H13BrN2O2S/c14-10-3-1-2-9(8-10)12-15-16-13(18-12)19-11-4-6-17-7-5-11/h1-3,8,11H,4-7H2. The highest BCUT2D eigenvalue weighted by molar-refractivity contribution is 9.10. The van der Waals surface area contributed by atoms with Gasteiger partial charge in [-0.25, -0.2) is 0 Å². The maximum absolute atomic E-state index is 5.71. The van der Waals surface area contributed by atoms with Crippen LogP contribution in [0.1, 0.15) is 12.8 Å². The van der Waals surface area contributed by atoms with Crippen molar-refractivity contribution in [1.82, 2.24) is 10.2 Å². The van der Waals surface area contributed by atoms with E-state index in [9.17, 15) is 0 Å². The van der Waals surface area contributed by atoms with E-state index in [2.05, 4.69) is 26.1 Å². The van der Waals surface area contributed by atoms with Gasteiger partial charge in [0.25, 0.3) is 5.22 Å². The summed E-state index contributed by atoms with van der Waals surface area (Å²) in [5.74, 6) is 0.566. The number of hydrogen-bond donors (Lipinski definition) is 0. The molecule has 0 saturated carbocycles. The number of hydrogen-bond acceptors (Lipinski definition) is 5. The lowest BCUT2D eigenvalue weighted by Gasteiger charge is -2.19. The third-order valence-electron chi connectivity index (χ3n) is 2.91. The minimum atomic E-state index is 0.518. The second-order valence-corrected chi connectivity index (χ2v) is 6.48. The molecule has 1 aromatic heterocycles. The van der Waals surface area contributed by atoms with Crippen molar-refractivity contribution >= 4 is 27.7 Å². The molecular formula is C13H13BrN2O2S. The van der Waals surface area contributed by atoms with Crippen molar-refractivity contribution in [3.8, 4) is 11.5 Å². The summed E-state index contributed by atoms with van der Waals surface area (Å²) in [7, 11) is 0. The Morgan fingerprint density at radius 3 is 2.84 bits per heavy atom. The molecule has 3 rings (SSSR count). The van der Waals surface area contributed by atoms with E-state index in [-0.39, 0.29) is 0 Å². The molecule has 4 nitrogen and oxygen atoms in total. The molecule has 0 aliphatic carbocycles. The highest BCUT2D eigenvalue weighted by Gasteiger charge is 2.18. The van der Waals surface area contributed by atoms with Crippen LogP contribution in [0.3, 0.4) is 0 Å². The van der Waals surface area contributed by atoms with Crippen LogP contribution in [0.5, 0.6) is 0 Å². The first kappa shape index (κ1) is 13.1. The van der Waals surface area contributed by atoms with Crippen LogP contribution in [-0.4, -0.2) is 28.7 Å². The van der Waals surface area contributed by atoms with Gasteiger partial charge in [-0.15, -0.1) is 10.2 Å². The smallest absolute Gasteiger partial charge is 0.277 e. The molecule has 2 aromatic rings. The fourth-order valence-electron chi connectivity index (χ4n) is 1.93. The van der Waals surface area contributed by atoms with Gasteiger partial charge in [-0.2, -0.15) is 0 Å². The number of aromatic nitrogens is 2. The topological polar surface area (TPSA) is 48.2 Å². The van der Waals surface area contributed by atoms with E-state index < -0.39 is 0 Å². The minimum Gasteiger partial charge on any atom is -0.411 e. The molecule has 1 aliphatic rings. The molecule has 0 unspecified atom stereocenters. The molecule has 1 aliphatic heterocycles. The molecule has 0 atom stereocenters. The van der Waals surface area contributed by atoms with Gasteiger partial charge in [0.05, 0.1) is 0 Å². The molecule has 0 spiro atoms. The van der Waals surface area contributed by atoms with Crippen LogP contribution in [0.4, 0.5) is 0 Å². The van der Waals surface area contributed by atoms with Crippen molar-refractivity contribution in [3.63, 3.8) is 0 Å². The molecule has 1 saturated heterocycles. The first-order valence-corrected chi connectivity index (χ1v) is 7.82. The van der Waals surface area contributed by atoms with Crippen molar-refractivity contribution < 1.29 is 9.15 Å². The van der Waals surface area contributed by atoms with E-state index in [1.165, 1.54) is 0 Å². The Morgan fingerprint density at radius 1 is 1.21 bits per heavy atom. The Bertz CT molecular complexity index is 555. The van der Waals surface area contributed by atoms with Gasteiger partial charge in [-0.1, -0.05) is 33.8 Å². The maximum Gasteiger partial charge on any atom is 0.277 e. The van der Waals surface area contributed by atoms with Crippen LogP contribution in [0.25, 0.3) is 11.5 Å². The largest absolute Gasteiger partial charge is 0.411 e. The normalized spacial score (nSPS) is 16.7. The van der Waals surface area contributed by atoms with Crippen molar-refractivity contribution in [2.75, 3.05) is 13.2 Å². The van der Waals surface area contributed by atoms with Crippen molar-refractivity contribution in [2.45, 2.75) is 23.3 Å². The molecule has 100 valence electrons. The summed E-state index contributed by atoms with van der Waals surface area (Å²) >= 11 is 5.09. The van der Waals surface area contributed by atoms with Crippen LogP contribution in [0.15, 0.2) is 38.4 Å². The number of benzene rings is 1. The summed E-state index contributed by atoms with van der Waals surface area (Å²) in [5, 5.41) is 9.37. The average molecular weight is 341 g/mol. The molecule has 0 amide bonds. The van der Waals surface area contributed by atoms with E-state index in [0.29, 0.717) is 16.4 Å². The zero-order valence-corrected chi connectivity index (χ0v) is 12.6.